The Morgan fingerprint density at radius 2 is 1.91 bits per heavy atom. The van der Waals surface area contributed by atoms with Gasteiger partial charge in [-0.3, -0.25) is 4.79 Å². The van der Waals surface area contributed by atoms with E-state index in [2.05, 4.69) is 15.1 Å². The van der Waals surface area contributed by atoms with Crippen LogP contribution in [0.25, 0.3) is 5.78 Å². The second kappa shape index (κ2) is 5.96. The molecule has 3 aromatic rings. The highest BCUT2D eigenvalue weighted by Crippen LogP contribution is 2.22. The summed E-state index contributed by atoms with van der Waals surface area (Å²) in [5.74, 6) is 0.813. The first-order chi connectivity index (χ1) is 11.0. The van der Waals surface area contributed by atoms with Gasteiger partial charge in [-0.2, -0.15) is 9.50 Å². The second-order valence-electron chi connectivity index (χ2n) is 5.45. The van der Waals surface area contributed by atoms with E-state index in [1.165, 1.54) is 4.52 Å². The van der Waals surface area contributed by atoms with Crippen LogP contribution in [0.5, 0.6) is 0 Å². The number of aryl methyl sites for hydroxylation is 1. The Morgan fingerprint density at radius 3 is 2.57 bits per heavy atom. The Hall–Kier alpha value is -2.47. The number of carbonyl (C=O) groups is 1. The van der Waals surface area contributed by atoms with Gasteiger partial charge in [-0.1, -0.05) is 11.6 Å². The summed E-state index contributed by atoms with van der Waals surface area (Å²) in [5, 5.41) is 4.89. The van der Waals surface area contributed by atoms with Crippen molar-refractivity contribution in [3.05, 3.63) is 53.1 Å². The lowest BCUT2D eigenvalue weighted by molar-refractivity contribution is 0.0973. The molecule has 118 valence electrons. The molecule has 0 radical (unpaired) electrons. The van der Waals surface area contributed by atoms with E-state index in [0.29, 0.717) is 22.3 Å². The average molecular weight is 330 g/mol. The molecule has 0 bridgehead atoms. The largest absolute Gasteiger partial charge is 0.305 e. The van der Waals surface area contributed by atoms with Gasteiger partial charge < -0.3 is 4.90 Å². The molecule has 2 aromatic heterocycles. The van der Waals surface area contributed by atoms with Crippen LogP contribution in [0.4, 0.5) is 5.69 Å². The van der Waals surface area contributed by atoms with E-state index in [1.807, 2.05) is 26.0 Å². The van der Waals surface area contributed by atoms with Crippen LogP contribution < -0.4 is 4.90 Å². The molecule has 7 heteroatoms. The molecule has 0 N–H and O–H groups in total. The molecule has 6 nitrogen and oxygen atoms in total. The normalized spacial score (nSPS) is 11.2. The number of nitrogens with zero attached hydrogens (tertiary/aromatic N) is 5. The minimum atomic E-state index is -0.167. The van der Waals surface area contributed by atoms with E-state index in [1.54, 1.807) is 36.2 Å². The average Bonchev–Trinajstić information content (AvgIpc) is 2.89. The number of carbonyl (C=O) groups excluding carboxylic acids is 1. The summed E-state index contributed by atoms with van der Waals surface area (Å²) in [7, 11) is 0. The third-order valence-electron chi connectivity index (χ3n) is 3.41. The molecule has 0 saturated heterocycles. The molecule has 2 heterocycles. The van der Waals surface area contributed by atoms with Gasteiger partial charge in [-0.05, 0) is 51.1 Å². The lowest BCUT2D eigenvalue weighted by atomic mass is 10.2. The van der Waals surface area contributed by atoms with Crippen LogP contribution in [0.3, 0.4) is 0 Å². The van der Waals surface area contributed by atoms with E-state index >= 15 is 0 Å². The lowest BCUT2D eigenvalue weighted by Crippen LogP contribution is -2.38. The number of halogens is 1. The molecule has 0 spiro atoms. The predicted molar refractivity (Wildman–Crippen MR) is 88.9 cm³/mol. The van der Waals surface area contributed by atoms with Crippen molar-refractivity contribution in [1.82, 2.24) is 19.6 Å². The van der Waals surface area contributed by atoms with Crippen molar-refractivity contribution in [2.24, 2.45) is 0 Å². The minimum absolute atomic E-state index is 0.0310. The van der Waals surface area contributed by atoms with Gasteiger partial charge in [0.05, 0.1) is 0 Å². The van der Waals surface area contributed by atoms with Gasteiger partial charge in [-0.25, -0.2) is 4.98 Å². The van der Waals surface area contributed by atoms with E-state index in [4.69, 9.17) is 11.6 Å². The smallest absolute Gasteiger partial charge is 0.277 e. The van der Waals surface area contributed by atoms with Gasteiger partial charge in [0.1, 0.15) is 11.5 Å². The van der Waals surface area contributed by atoms with Crippen LogP contribution in [0.2, 0.25) is 5.02 Å². The third-order valence-corrected chi connectivity index (χ3v) is 3.66. The maximum absolute atomic E-state index is 13.1. The van der Waals surface area contributed by atoms with Crippen LogP contribution in [0, 0.1) is 6.92 Å². The molecule has 0 atom stereocenters. The SMILES string of the molecule is Cc1nc2nccc(C(=O)N(c3ccc(Cl)cc3)C(C)C)n2n1. The molecule has 1 aromatic carbocycles. The van der Waals surface area contributed by atoms with E-state index in [-0.39, 0.29) is 11.9 Å². The van der Waals surface area contributed by atoms with Crippen molar-refractivity contribution in [3.63, 3.8) is 0 Å². The highest BCUT2D eigenvalue weighted by molar-refractivity contribution is 6.30. The summed E-state index contributed by atoms with van der Waals surface area (Å²) in [5.41, 5.74) is 1.19. The number of hydrogen-bond donors (Lipinski definition) is 0. The van der Waals surface area contributed by atoms with Crippen LogP contribution in [0.1, 0.15) is 30.2 Å². The lowest BCUT2D eigenvalue weighted by Gasteiger charge is -2.27. The number of rotatable bonds is 3. The van der Waals surface area contributed by atoms with Crippen molar-refractivity contribution in [2.45, 2.75) is 26.8 Å². The predicted octanol–water partition coefficient (Wildman–Crippen LogP) is 3.14. The number of aromatic nitrogens is 4. The van der Waals surface area contributed by atoms with E-state index in [9.17, 15) is 4.79 Å². The van der Waals surface area contributed by atoms with Gasteiger partial charge in [0.25, 0.3) is 11.7 Å². The molecule has 0 fully saturated rings. The van der Waals surface area contributed by atoms with Crippen LogP contribution in [0.15, 0.2) is 36.5 Å². The topological polar surface area (TPSA) is 63.4 Å². The zero-order valence-electron chi connectivity index (χ0n) is 13.1. The van der Waals surface area contributed by atoms with Crippen LogP contribution in [-0.4, -0.2) is 31.5 Å². The zero-order valence-corrected chi connectivity index (χ0v) is 13.8. The first-order valence-electron chi connectivity index (χ1n) is 7.25. The van der Waals surface area contributed by atoms with E-state index in [0.717, 1.165) is 5.69 Å². The molecule has 1 amide bonds. The Balaban J connectivity index is 2.09. The number of hydrogen-bond acceptors (Lipinski definition) is 4. The van der Waals surface area contributed by atoms with Gasteiger partial charge in [0, 0.05) is 22.9 Å². The summed E-state index contributed by atoms with van der Waals surface area (Å²) in [4.78, 5) is 23.1. The van der Waals surface area contributed by atoms with Crippen molar-refractivity contribution >= 4 is 29.0 Å². The van der Waals surface area contributed by atoms with Gasteiger partial charge >= 0.3 is 0 Å². The minimum Gasteiger partial charge on any atom is -0.305 e. The Morgan fingerprint density at radius 1 is 1.22 bits per heavy atom. The fraction of sp³-hybridized carbons (Fsp3) is 0.250. The molecule has 0 aliphatic rings. The van der Waals surface area contributed by atoms with Gasteiger partial charge in [-0.15, -0.1) is 5.10 Å². The molecule has 3 rings (SSSR count). The summed E-state index contributed by atoms with van der Waals surface area (Å²) >= 11 is 5.94. The van der Waals surface area contributed by atoms with Crippen molar-refractivity contribution in [3.8, 4) is 0 Å². The van der Waals surface area contributed by atoms with E-state index < -0.39 is 0 Å². The first-order valence-corrected chi connectivity index (χ1v) is 7.62. The molecule has 0 aliphatic carbocycles. The highest BCUT2D eigenvalue weighted by atomic mass is 35.5. The second-order valence-corrected chi connectivity index (χ2v) is 5.88. The fourth-order valence-corrected chi connectivity index (χ4v) is 2.56. The molecular formula is C16H16ClN5O. The van der Waals surface area contributed by atoms with Crippen molar-refractivity contribution in [1.29, 1.82) is 0 Å². The number of amides is 1. The maximum Gasteiger partial charge on any atom is 0.277 e. The summed E-state index contributed by atoms with van der Waals surface area (Å²) in [6.45, 7) is 5.68. The molecule has 0 unspecified atom stereocenters. The maximum atomic E-state index is 13.1. The molecule has 23 heavy (non-hydrogen) atoms. The zero-order chi connectivity index (χ0) is 16.6. The van der Waals surface area contributed by atoms with Crippen LogP contribution >= 0.6 is 11.6 Å². The number of anilines is 1. The molecule has 0 saturated carbocycles. The quantitative estimate of drug-likeness (QED) is 0.740. The molecular weight excluding hydrogens is 314 g/mol. The Bertz CT molecular complexity index is 857. The third kappa shape index (κ3) is 2.90. The monoisotopic (exact) mass is 329 g/mol. The molecule has 0 aliphatic heterocycles. The number of fused-ring (bicyclic) bond motifs is 1. The Labute approximate surface area is 138 Å². The summed E-state index contributed by atoms with van der Waals surface area (Å²) in [6.07, 6.45) is 1.57. The standard InChI is InChI=1S/C16H16ClN5O/c1-10(2)21(13-6-4-12(17)5-7-13)15(23)14-8-9-18-16-19-11(3)20-22(14)16/h4-10H,1-3H3. The first kappa shape index (κ1) is 15.4. The summed E-state index contributed by atoms with van der Waals surface area (Å²) in [6, 6.07) is 8.80. The summed E-state index contributed by atoms with van der Waals surface area (Å²) < 4.78 is 1.48. The Kier molecular flexibility index (Phi) is 4.00. The highest BCUT2D eigenvalue weighted by Gasteiger charge is 2.23. The van der Waals surface area contributed by atoms with Crippen LogP contribution in [-0.2, 0) is 0 Å². The van der Waals surface area contributed by atoms with Crippen molar-refractivity contribution < 1.29 is 4.79 Å². The van der Waals surface area contributed by atoms with Crippen molar-refractivity contribution in [2.75, 3.05) is 4.90 Å². The van der Waals surface area contributed by atoms with Gasteiger partial charge in [0.2, 0.25) is 0 Å². The number of benzene rings is 1. The van der Waals surface area contributed by atoms with Gasteiger partial charge in [0.15, 0.2) is 0 Å². The fourth-order valence-electron chi connectivity index (χ4n) is 2.43.